The second kappa shape index (κ2) is 7.71. The maximum Gasteiger partial charge on any atom is 0.262 e. The van der Waals surface area contributed by atoms with Crippen LogP contribution in [0.15, 0.2) is 59.5 Å². The SMILES string of the molecule is CCOc1ccc(S(=O)(=O)Nc2cc(-n3nnnc3C)ccc2F)c2ccccc12. The molecular weight excluding hydrogens is 409 g/mol. The minimum atomic E-state index is -4.10. The van der Waals surface area contributed by atoms with Crippen LogP contribution < -0.4 is 9.46 Å². The standard InChI is InChI=1S/C20H18FN5O3S/c1-3-29-19-10-11-20(16-7-5-4-6-15(16)19)30(27,28)23-18-12-14(8-9-17(18)21)26-13(2)22-24-25-26/h4-12,23H,3H2,1-2H3. The summed E-state index contributed by atoms with van der Waals surface area (Å²) in [4.78, 5) is 0.0185. The molecule has 4 rings (SSSR count). The van der Waals surface area contributed by atoms with Gasteiger partial charge in [-0.15, -0.1) is 5.10 Å². The van der Waals surface area contributed by atoms with E-state index in [2.05, 4.69) is 20.2 Å². The van der Waals surface area contributed by atoms with Crippen molar-refractivity contribution in [3.63, 3.8) is 0 Å². The average Bonchev–Trinajstić information content (AvgIpc) is 3.15. The van der Waals surface area contributed by atoms with Crippen molar-refractivity contribution in [2.45, 2.75) is 18.7 Å². The largest absolute Gasteiger partial charge is 0.493 e. The number of halogens is 1. The molecule has 0 saturated heterocycles. The molecule has 0 atom stereocenters. The molecule has 4 aromatic rings. The lowest BCUT2D eigenvalue weighted by atomic mass is 10.1. The molecular formula is C20H18FN5O3S. The molecule has 3 aromatic carbocycles. The van der Waals surface area contributed by atoms with E-state index in [0.29, 0.717) is 34.6 Å². The number of fused-ring (bicyclic) bond motifs is 1. The summed E-state index contributed by atoms with van der Waals surface area (Å²) in [6.45, 7) is 3.98. The van der Waals surface area contributed by atoms with E-state index in [9.17, 15) is 12.8 Å². The van der Waals surface area contributed by atoms with Gasteiger partial charge in [0, 0.05) is 10.8 Å². The number of ether oxygens (including phenoxy) is 1. The lowest BCUT2D eigenvalue weighted by Gasteiger charge is -2.14. The van der Waals surface area contributed by atoms with E-state index in [1.54, 1.807) is 37.3 Å². The summed E-state index contributed by atoms with van der Waals surface area (Å²) in [5.41, 5.74) is 0.216. The zero-order valence-electron chi connectivity index (χ0n) is 16.2. The van der Waals surface area contributed by atoms with Gasteiger partial charge in [0.15, 0.2) is 5.82 Å². The average molecular weight is 427 g/mol. The van der Waals surface area contributed by atoms with Gasteiger partial charge in [0.1, 0.15) is 11.6 Å². The van der Waals surface area contributed by atoms with Crippen molar-refractivity contribution in [1.29, 1.82) is 0 Å². The third kappa shape index (κ3) is 3.57. The van der Waals surface area contributed by atoms with Crippen LogP contribution in [0.5, 0.6) is 5.75 Å². The number of nitrogens with one attached hydrogen (secondary N) is 1. The third-order valence-corrected chi connectivity index (χ3v) is 5.92. The summed E-state index contributed by atoms with van der Waals surface area (Å²) in [6.07, 6.45) is 0. The molecule has 0 aliphatic rings. The van der Waals surface area contributed by atoms with Gasteiger partial charge in [-0.2, -0.15) is 4.68 Å². The van der Waals surface area contributed by atoms with E-state index in [4.69, 9.17) is 4.74 Å². The van der Waals surface area contributed by atoms with Gasteiger partial charge in [-0.3, -0.25) is 4.72 Å². The molecule has 10 heteroatoms. The van der Waals surface area contributed by atoms with E-state index >= 15 is 0 Å². The highest BCUT2D eigenvalue weighted by molar-refractivity contribution is 7.93. The fraction of sp³-hybridized carbons (Fsp3) is 0.150. The molecule has 0 unspecified atom stereocenters. The van der Waals surface area contributed by atoms with Gasteiger partial charge in [-0.25, -0.2) is 12.8 Å². The summed E-state index contributed by atoms with van der Waals surface area (Å²) >= 11 is 0. The highest BCUT2D eigenvalue weighted by Crippen LogP contribution is 2.32. The van der Waals surface area contributed by atoms with Crippen LogP contribution in [0.2, 0.25) is 0 Å². The number of benzene rings is 3. The molecule has 30 heavy (non-hydrogen) atoms. The van der Waals surface area contributed by atoms with Crippen LogP contribution in [0.1, 0.15) is 12.7 Å². The summed E-state index contributed by atoms with van der Waals surface area (Å²) in [7, 11) is -4.10. The third-order valence-electron chi connectivity index (χ3n) is 4.50. The van der Waals surface area contributed by atoms with Crippen LogP contribution in [0.25, 0.3) is 16.5 Å². The van der Waals surface area contributed by atoms with Crippen molar-refractivity contribution >= 4 is 26.5 Å². The molecule has 0 saturated carbocycles. The molecule has 0 bridgehead atoms. The topological polar surface area (TPSA) is 99.0 Å². The zero-order chi connectivity index (χ0) is 21.3. The monoisotopic (exact) mass is 427 g/mol. The Balaban J connectivity index is 1.78. The Kier molecular flexibility index (Phi) is 5.08. The first kappa shape index (κ1) is 19.8. The number of rotatable bonds is 6. The van der Waals surface area contributed by atoms with Gasteiger partial charge in [0.25, 0.3) is 10.0 Å². The van der Waals surface area contributed by atoms with Crippen LogP contribution in [-0.2, 0) is 10.0 Å². The van der Waals surface area contributed by atoms with Gasteiger partial charge < -0.3 is 4.74 Å². The first-order chi connectivity index (χ1) is 14.4. The van der Waals surface area contributed by atoms with Gasteiger partial charge in [0.05, 0.1) is 22.9 Å². The predicted octanol–water partition coefficient (Wildman–Crippen LogP) is 3.46. The summed E-state index contributed by atoms with van der Waals surface area (Å²) in [5, 5.41) is 12.3. The van der Waals surface area contributed by atoms with Crippen molar-refractivity contribution in [2.75, 3.05) is 11.3 Å². The molecule has 0 fully saturated rings. The molecule has 8 nitrogen and oxygen atoms in total. The van der Waals surface area contributed by atoms with Gasteiger partial charge in [-0.05, 0) is 54.6 Å². The first-order valence-electron chi connectivity index (χ1n) is 9.13. The Morgan fingerprint density at radius 2 is 1.87 bits per heavy atom. The van der Waals surface area contributed by atoms with Crippen LogP contribution in [0, 0.1) is 12.7 Å². The molecule has 1 N–H and O–H groups in total. The fourth-order valence-corrected chi connectivity index (χ4v) is 4.42. The Bertz CT molecular complexity index is 1340. The van der Waals surface area contributed by atoms with Crippen LogP contribution in [0.4, 0.5) is 10.1 Å². The Labute approximate surface area is 172 Å². The predicted molar refractivity (Wildman–Crippen MR) is 110 cm³/mol. The molecule has 0 aliphatic heterocycles. The highest BCUT2D eigenvalue weighted by Gasteiger charge is 2.21. The minimum Gasteiger partial charge on any atom is -0.493 e. The molecule has 0 spiro atoms. The molecule has 1 heterocycles. The molecule has 1 aromatic heterocycles. The smallest absolute Gasteiger partial charge is 0.262 e. The summed E-state index contributed by atoms with van der Waals surface area (Å²) < 4.78 is 50.0. The van der Waals surface area contributed by atoms with E-state index in [-0.39, 0.29) is 10.6 Å². The lowest BCUT2D eigenvalue weighted by molar-refractivity contribution is 0.344. The summed E-state index contributed by atoms with van der Waals surface area (Å²) in [5.74, 6) is 0.339. The number of hydrogen-bond acceptors (Lipinski definition) is 6. The minimum absolute atomic E-state index is 0.0185. The quantitative estimate of drug-likeness (QED) is 0.506. The maximum absolute atomic E-state index is 14.4. The second-order valence-electron chi connectivity index (χ2n) is 6.45. The van der Waals surface area contributed by atoms with Crippen LogP contribution in [-0.4, -0.2) is 35.2 Å². The highest BCUT2D eigenvalue weighted by atomic mass is 32.2. The van der Waals surface area contributed by atoms with Crippen LogP contribution in [0.3, 0.4) is 0 Å². The van der Waals surface area contributed by atoms with Gasteiger partial charge in [0.2, 0.25) is 0 Å². The van der Waals surface area contributed by atoms with Gasteiger partial charge in [-0.1, -0.05) is 24.3 Å². The number of aryl methyl sites for hydroxylation is 1. The zero-order valence-corrected chi connectivity index (χ0v) is 17.0. The number of aromatic nitrogens is 4. The van der Waals surface area contributed by atoms with Crippen molar-refractivity contribution in [1.82, 2.24) is 20.2 Å². The van der Waals surface area contributed by atoms with E-state index in [1.807, 2.05) is 6.92 Å². The summed E-state index contributed by atoms with van der Waals surface area (Å²) in [6, 6.07) is 14.0. The first-order valence-corrected chi connectivity index (χ1v) is 10.6. The lowest BCUT2D eigenvalue weighted by Crippen LogP contribution is -2.15. The fourth-order valence-electron chi connectivity index (χ4n) is 3.15. The van der Waals surface area contributed by atoms with Crippen molar-refractivity contribution in [2.24, 2.45) is 0 Å². The Morgan fingerprint density at radius 1 is 1.10 bits per heavy atom. The maximum atomic E-state index is 14.4. The second-order valence-corrected chi connectivity index (χ2v) is 8.10. The Morgan fingerprint density at radius 3 is 2.57 bits per heavy atom. The number of sulfonamides is 1. The van der Waals surface area contributed by atoms with Crippen molar-refractivity contribution < 1.29 is 17.5 Å². The number of anilines is 1. The van der Waals surface area contributed by atoms with E-state index in [1.165, 1.54) is 22.9 Å². The normalized spacial score (nSPS) is 11.6. The van der Waals surface area contributed by atoms with Crippen LogP contribution >= 0.6 is 0 Å². The Hall–Kier alpha value is -3.53. The number of tetrazole rings is 1. The van der Waals surface area contributed by atoms with Crippen molar-refractivity contribution in [3.05, 3.63) is 66.2 Å². The van der Waals surface area contributed by atoms with Crippen molar-refractivity contribution in [3.8, 4) is 11.4 Å². The number of nitrogens with zero attached hydrogens (tertiary/aromatic N) is 4. The van der Waals surface area contributed by atoms with Gasteiger partial charge >= 0.3 is 0 Å². The molecule has 0 radical (unpaired) electrons. The molecule has 0 amide bonds. The number of hydrogen-bond donors (Lipinski definition) is 1. The molecule has 0 aliphatic carbocycles. The molecule has 154 valence electrons. The van der Waals surface area contributed by atoms with E-state index in [0.717, 1.165) is 6.07 Å². The van der Waals surface area contributed by atoms with E-state index < -0.39 is 15.8 Å².